The zero-order valence-corrected chi connectivity index (χ0v) is 7.28. The smallest absolute Gasteiger partial charge is 0.144 e. The molecule has 0 N–H and O–H groups in total. The Morgan fingerprint density at radius 1 is 1.50 bits per heavy atom. The molecule has 0 radical (unpaired) electrons. The van der Waals surface area contributed by atoms with Gasteiger partial charge in [-0.3, -0.25) is 4.79 Å². The van der Waals surface area contributed by atoms with E-state index in [0.29, 0.717) is 0 Å². The lowest BCUT2D eigenvalue weighted by Crippen LogP contribution is -1.86. The van der Waals surface area contributed by atoms with Crippen molar-refractivity contribution in [2.45, 2.75) is 6.92 Å². The van der Waals surface area contributed by atoms with Gasteiger partial charge in [-0.2, -0.15) is 11.3 Å². The normalized spacial score (nSPS) is 7.80. The van der Waals surface area contributed by atoms with Crippen molar-refractivity contribution < 1.29 is 4.79 Å². The van der Waals surface area contributed by atoms with E-state index in [1.807, 2.05) is 22.9 Å². The molecule has 0 unspecified atom stereocenters. The van der Waals surface area contributed by atoms with Gasteiger partial charge in [0.1, 0.15) is 5.78 Å². The topological polar surface area (TPSA) is 17.1 Å². The fourth-order valence-corrected chi connectivity index (χ4v) is 0.680. The zero-order chi connectivity index (χ0) is 7.82. The van der Waals surface area contributed by atoms with Crippen molar-refractivity contribution in [3.05, 3.63) is 22.9 Å². The van der Waals surface area contributed by atoms with Gasteiger partial charge in [-0.05, 0) is 17.7 Å². The Morgan fingerprint density at radius 2 is 1.90 bits per heavy atom. The quantitative estimate of drug-likeness (QED) is 0.602. The maximum Gasteiger partial charge on any atom is 0.144 e. The highest BCUT2D eigenvalue weighted by Crippen LogP contribution is 1.91. The summed E-state index contributed by atoms with van der Waals surface area (Å²) in [5.74, 6) is 0.159. The molecule has 1 aromatic rings. The third-order valence-electron chi connectivity index (χ3n) is 0.614. The number of alkyl halides is 1. The number of thiophene rings is 1. The lowest BCUT2D eigenvalue weighted by Gasteiger charge is -1.69. The maximum absolute atomic E-state index is 9.68. The van der Waals surface area contributed by atoms with Crippen LogP contribution < -0.4 is 0 Å². The van der Waals surface area contributed by atoms with Crippen molar-refractivity contribution in [3.63, 3.8) is 0 Å². The third kappa shape index (κ3) is 7.66. The van der Waals surface area contributed by atoms with Crippen LogP contribution in [0.5, 0.6) is 0 Å². The second kappa shape index (κ2) is 6.78. The minimum atomic E-state index is 0.0201. The van der Waals surface area contributed by atoms with Crippen LogP contribution in [0, 0.1) is 0 Å². The third-order valence-corrected chi connectivity index (χ3v) is 1.62. The molecule has 0 aliphatic carbocycles. The number of carbonyl (C=O) groups is 1. The highest BCUT2D eigenvalue weighted by Gasteiger charge is 1.79. The molecule has 0 atom stereocenters. The molecule has 0 aromatic carbocycles. The molecular weight excluding hydrogens is 168 g/mol. The number of hydrogen-bond donors (Lipinski definition) is 0. The average Bonchev–Trinajstić information content (AvgIpc) is 2.43. The molecule has 1 rings (SSSR count). The molecule has 0 aliphatic rings. The molecule has 0 fully saturated rings. The number of ketones is 1. The first-order chi connectivity index (χ1) is 4.77. The summed E-state index contributed by atoms with van der Waals surface area (Å²) in [4.78, 5) is 9.68. The van der Waals surface area contributed by atoms with Gasteiger partial charge in [-0.25, -0.2) is 0 Å². The molecule has 3 heteroatoms. The molecule has 0 aliphatic heterocycles. The standard InChI is InChI=1S/C4H4S.C3H5ClO/c1-2-4-5-3-1;1-3(5)2-4/h1-4H;2H2,1H3. The predicted molar refractivity (Wildman–Crippen MR) is 45.7 cm³/mol. The van der Waals surface area contributed by atoms with Gasteiger partial charge in [0.2, 0.25) is 0 Å². The molecule has 0 saturated heterocycles. The fourth-order valence-electron chi connectivity index (χ4n) is 0.227. The Labute approximate surface area is 69.6 Å². The van der Waals surface area contributed by atoms with Crippen LogP contribution in [-0.4, -0.2) is 11.7 Å². The van der Waals surface area contributed by atoms with Crippen molar-refractivity contribution in [1.29, 1.82) is 0 Å². The molecule has 0 spiro atoms. The van der Waals surface area contributed by atoms with E-state index in [2.05, 4.69) is 0 Å². The Hall–Kier alpha value is -0.340. The van der Waals surface area contributed by atoms with Crippen LogP contribution in [0.4, 0.5) is 0 Å². The fraction of sp³-hybridized carbons (Fsp3) is 0.286. The highest BCUT2D eigenvalue weighted by molar-refractivity contribution is 7.07. The molecule has 1 aromatic heterocycles. The monoisotopic (exact) mass is 176 g/mol. The summed E-state index contributed by atoms with van der Waals surface area (Å²) in [5.41, 5.74) is 0. The van der Waals surface area contributed by atoms with Gasteiger partial charge < -0.3 is 0 Å². The Bertz CT molecular complexity index is 143. The van der Waals surface area contributed by atoms with E-state index in [9.17, 15) is 4.79 Å². The first-order valence-corrected chi connectivity index (χ1v) is 4.27. The number of carbonyl (C=O) groups excluding carboxylic acids is 1. The molecule has 10 heavy (non-hydrogen) atoms. The number of hydrogen-bond acceptors (Lipinski definition) is 2. The predicted octanol–water partition coefficient (Wildman–Crippen LogP) is 2.56. The lowest BCUT2D eigenvalue weighted by atomic mass is 10.5. The first-order valence-electron chi connectivity index (χ1n) is 2.80. The van der Waals surface area contributed by atoms with E-state index in [1.54, 1.807) is 11.3 Å². The summed E-state index contributed by atoms with van der Waals surface area (Å²) >= 11 is 6.70. The Morgan fingerprint density at radius 3 is 2.00 bits per heavy atom. The summed E-state index contributed by atoms with van der Waals surface area (Å²) in [5, 5.41) is 4.08. The van der Waals surface area contributed by atoms with E-state index in [4.69, 9.17) is 11.6 Å². The minimum absolute atomic E-state index is 0.0201. The van der Waals surface area contributed by atoms with Gasteiger partial charge in [0.25, 0.3) is 0 Å². The van der Waals surface area contributed by atoms with E-state index in [0.717, 1.165) is 0 Å². The van der Waals surface area contributed by atoms with E-state index >= 15 is 0 Å². The Kier molecular flexibility index (Phi) is 6.55. The minimum Gasteiger partial charge on any atom is -0.299 e. The van der Waals surface area contributed by atoms with E-state index in [1.165, 1.54) is 6.92 Å². The van der Waals surface area contributed by atoms with Crippen molar-refractivity contribution in [1.82, 2.24) is 0 Å². The van der Waals surface area contributed by atoms with Crippen molar-refractivity contribution >= 4 is 28.7 Å². The largest absolute Gasteiger partial charge is 0.299 e. The summed E-state index contributed by atoms with van der Waals surface area (Å²) < 4.78 is 0. The van der Waals surface area contributed by atoms with Gasteiger partial charge >= 0.3 is 0 Å². The number of rotatable bonds is 1. The average molecular weight is 177 g/mol. The van der Waals surface area contributed by atoms with Crippen molar-refractivity contribution in [3.8, 4) is 0 Å². The van der Waals surface area contributed by atoms with Crippen molar-refractivity contribution in [2.75, 3.05) is 5.88 Å². The molecule has 1 nitrogen and oxygen atoms in total. The molecule has 0 saturated carbocycles. The van der Waals surface area contributed by atoms with Crippen LogP contribution in [0.15, 0.2) is 22.9 Å². The second-order valence-electron chi connectivity index (χ2n) is 1.63. The number of halogens is 1. The van der Waals surface area contributed by atoms with Crippen LogP contribution in [0.3, 0.4) is 0 Å². The number of Topliss-reactive ketones (excluding diaryl/α,β-unsaturated/α-hetero) is 1. The second-order valence-corrected chi connectivity index (χ2v) is 2.71. The molecular formula is C7H9ClOS. The highest BCUT2D eigenvalue weighted by atomic mass is 35.5. The molecule has 0 bridgehead atoms. The van der Waals surface area contributed by atoms with Crippen LogP contribution in [0.25, 0.3) is 0 Å². The molecule has 56 valence electrons. The van der Waals surface area contributed by atoms with E-state index < -0.39 is 0 Å². The maximum atomic E-state index is 9.68. The lowest BCUT2D eigenvalue weighted by molar-refractivity contribution is -0.114. The summed E-state index contributed by atoms with van der Waals surface area (Å²) in [6.45, 7) is 1.45. The first kappa shape index (κ1) is 9.66. The van der Waals surface area contributed by atoms with Gasteiger partial charge in [0, 0.05) is 0 Å². The van der Waals surface area contributed by atoms with Crippen LogP contribution in [-0.2, 0) is 4.79 Å². The summed E-state index contributed by atoms with van der Waals surface area (Å²) in [6.07, 6.45) is 0. The molecule has 1 heterocycles. The Balaban J connectivity index is 0.000000162. The van der Waals surface area contributed by atoms with Gasteiger partial charge in [0.15, 0.2) is 0 Å². The summed E-state index contributed by atoms with van der Waals surface area (Å²) in [7, 11) is 0. The van der Waals surface area contributed by atoms with Crippen molar-refractivity contribution in [2.24, 2.45) is 0 Å². The SMILES string of the molecule is CC(=O)CCl.c1ccsc1. The summed E-state index contributed by atoms with van der Waals surface area (Å²) in [6, 6.07) is 4.04. The molecule has 0 amide bonds. The van der Waals surface area contributed by atoms with E-state index in [-0.39, 0.29) is 11.7 Å². The zero-order valence-electron chi connectivity index (χ0n) is 5.71. The van der Waals surface area contributed by atoms with Crippen LogP contribution in [0.2, 0.25) is 0 Å². The van der Waals surface area contributed by atoms with Crippen LogP contribution in [0.1, 0.15) is 6.92 Å². The van der Waals surface area contributed by atoms with Gasteiger partial charge in [-0.1, -0.05) is 12.1 Å². The van der Waals surface area contributed by atoms with Crippen LogP contribution >= 0.6 is 22.9 Å². The van der Waals surface area contributed by atoms with Gasteiger partial charge in [0.05, 0.1) is 5.88 Å². The van der Waals surface area contributed by atoms with Gasteiger partial charge in [-0.15, -0.1) is 11.6 Å².